The molecule has 2 aromatic rings. The lowest BCUT2D eigenvalue weighted by molar-refractivity contribution is 0.140. The Hall–Kier alpha value is -2.87. The number of hydrogen-bond donors (Lipinski definition) is 0. The molecule has 1 saturated heterocycles. The lowest BCUT2D eigenvalue weighted by Crippen LogP contribution is -2.57. The van der Waals surface area contributed by atoms with Crippen LogP contribution in [0.1, 0.15) is 31.4 Å². The van der Waals surface area contributed by atoms with Crippen LogP contribution in [-0.2, 0) is 0 Å². The summed E-state index contributed by atoms with van der Waals surface area (Å²) in [5.41, 5.74) is 1.33. The summed E-state index contributed by atoms with van der Waals surface area (Å²) in [6.45, 7) is 4.76. The first-order valence-corrected chi connectivity index (χ1v) is 8.16. The van der Waals surface area contributed by atoms with Crippen molar-refractivity contribution in [2.45, 2.75) is 25.8 Å². The van der Waals surface area contributed by atoms with Gasteiger partial charge in [-0.3, -0.25) is 4.90 Å². The molecule has 5 heteroatoms. The molecule has 128 valence electrons. The minimum atomic E-state index is -0.282. The fraction of sp³-hybridized carbons (Fsp3) is 0.300. The van der Waals surface area contributed by atoms with Crippen molar-refractivity contribution in [3.63, 3.8) is 0 Å². The molecular formula is C20H20FN3O. The van der Waals surface area contributed by atoms with Crippen LogP contribution in [0.5, 0.6) is 0 Å². The maximum Gasteiger partial charge on any atom is 0.325 e. The molecule has 1 fully saturated rings. The Bertz CT molecular complexity index is 832. The van der Waals surface area contributed by atoms with E-state index in [4.69, 9.17) is 0 Å². The highest BCUT2D eigenvalue weighted by atomic mass is 19.1. The van der Waals surface area contributed by atoms with Gasteiger partial charge in [-0.1, -0.05) is 11.8 Å². The average Bonchev–Trinajstić information content (AvgIpc) is 2.60. The summed E-state index contributed by atoms with van der Waals surface area (Å²) in [4.78, 5) is 20.3. The quantitative estimate of drug-likeness (QED) is 0.745. The first kappa shape index (κ1) is 17.0. The Kier molecular flexibility index (Phi) is 4.45. The van der Waals surface area contributed by atoms with Crippen LogP contribution in [0, 0.1) is 17.7 Å². The second kappa shape index (κ2) is 6.56. The number of carbonyl (C=O) groups excluding carboxylic acids is 1. The van der Waals surface area contributed by atoms with Gasteiger partial charge in [-0.2, -0.15) is 0 Å². The van der Waals surface area contributed by atoms with Crippen molar-refractivity contribution in [2.75, 3.05) is 18.5 Å². The second-order valence-electron chi connectivity index (χ2n) is 6.72. The number of hydrogen-bond acceptors (Lipinski definition) is 2. The Morgan fingerprint density at radius 3 is 2.36 bits per heavy atom. The van der Waals surface area contributed by atoms with Gasteiger partial charge in [0.2, 0.25) is 0 Å². The highest BCUT2D eigenvalue weighted by Crippen LogP contribution is 2.27. The maximum absolute atomic E-state index is 12.9. The normalized spacial score (nSPS) is 16.4. The molecule has 25 heavy (non-hydrogen) atoms. The number of halogens is 1. The Morgan fingerprint density at radius 2 is 1.72 bits per heavy atom. The van der Waals surface area contributed by atoms with Gasteiger partial charge < -0.3 is 4.90 Å². The van der Waals surface area contributed by atoms with Crippen molar-refractivity contribution >= 4 is 11.8 Å². The highest BCUT2D eigenvalue weighted by Gasteiger charge is 2.37. The second-order valence-corrected chi connectivity index (χ2v) is 6.72. The van der Waals surface area contributed by atoms with Crippen LogP contribution in [0.3, 0.4) is 0 Å². The molecule has 0 saturated carbocycles. The number of carbonyl (C=O) groups is 1. The van der Waals surface area contributed by atoms with Crippen LogP contribution in [-0.4, -0.2) is 35.0 Å². The van der Waals surface area contributed by atoms with Crippen LogP contribution in [0.4, 0.5) is 15.0 Å². The fourth-order valence-corrected chi connectivity index (χ4v) is 2.60. The molecular weight excluding hydrogens is 317 g/mol. The van der Waals surface area contributed by atoms with E-state index in [0.717, 1.165) is 17.5 Å². The summed E-state index contributed by atoms with van der Waals surface area (Å²) in [6.07, 6.45) is 2.53. The van der Waals surface area contributed by atoms with Gasteiger partial charge >= 0.3 is 6.03 Å². The maximum atomic E-state index is 12.9. The third kappa shape index (κ3) is 3.63. The molecule has 1 aromatic carbocycles. The van der Waals surface area contributed by atoms with Crippen molar-refractivity contribution in [1.29, 1.82) is 0 Å². The Labute approximate surface area is 147 Å². The molecule has 0 atom stereocenters. The predicted octanol–water partition coefficient (Wildman–Crippen LogP) is 3.66. The van der Waals surface area contributed by atoms with E-state index in [1.54, 1.807) is 34.2 Å². The molecule has 0 aliphatic carbocycles. The topological polar surface area (TPSA) is 36.4 Å². The summed E-state index contributed by atoms with van der Waals surface area (Å²) in [5, 5.41) is 0. The highest BCUT2D eigenvalue weighted by molar-refractivity contribution is 5.92. The molecule has 1 aliphatic rings. The van der Waals surface area contributed by atoms with Crippen LogP contribution >= 0.6 is 0 Å². The van der Waals surface area contributed by atoms with Crippen LogP contribution in [0.15, 0.2) is 42.6 Å². The molecule has 0 unspecified atom stereocenters. The van der Waals surface area contributed by atoms with Crippen LogP contribution in [0.25, 0.3) is 0 Å². The van der Waals surface area contributed by atoms with Gasteiger partial charge in [-0.15, -0.1) is 0 Å². The van der Waals surface area contributed by atoms with Crippen LogP contribution in [0.2, 0.25) is 0 Å². The standard InChI is InChI=1S/C20H20FN3O/c1-20(2)12-13-24(19(25)23(20)3)18-11-8-16(14-22-18)5-4-15-6-9-17(21)10-7-15/h6-11,14H,12-13H2,1-3H3. The van der Waals surface area contributed by atoms with Crippen molar-refractivity contribution in [1.82, 2.24) is 9.88 Å². The van der Waals surface area contributed by atoms with E-state index in [-0.39, 0.29) is 17.4 Å². The molecule has 0 bridgehead atoms. The van der Waals surface area contributed by atoms with E-state index >= 15 is 0 Å². The first-order chi connectivity index (χ1) is 11.9. The summed E-state index contributed by atoms with van der Waals surface area (Å²) in [6, 6.07) is 9.62. The molecule has 2 heterocycles. The van der Waals surface area contributed by atoms with Gasteiger partial charge in [0.1, 0.15) is 11.6 Å². The van der Waals surface area contributed by atoms with Crippen molar-refractivity contribution < 1.29 is 9.18 Å². The summed E-state index contributed by atoms with van der Waals surface area (Å²) < 4.78 is 12.9. The van der Waals surface area contributed by atoms with E-state index in [2.05, 4.69) is 30.7 Å². The van der Waals surface area contributed by atoms with Crippen molar-refractivity contribution in [3.05, 3.63) is 59.5 Å². The molecule has 2 amide bonds. The number of pyridine rings is 1. The Morgan fingerprint density at radius 1 is 1.08 bits per heavy atom. The Balaban J connectivity index is 1.75. The lowest BCUT2D eigenvalue weighted by atomic mass is 9.96. The number of urea groups is 1. The van der Waals surface area contributed by atoms with Crippen LogP contribution < -0.4 is 4.90 Å². The van der Waals surface area contributed by atoms with Gasteiger partial charge in [0, 0.05) is 36.5 Å². The van der Waals surface area contributed by atoms with Gasteiger partial charge in [0.05, 0.1) is 0 Å². The van der Waals surface area contributed by atoms with Gasteiger partial charge in [-0.05, 0) is 56.7 Å². The third-order valence-electron chi connectivity index (χ3n) is 4.59. The van der Waals surface area contributed by atoms with Crippen molar-refractivity contribution in [3.8, 4) is 11.8 Å². The molecule has 1 aromatic heterocycles. The molecule has 1 aliphatic heterocycles. The zero-order valence-corrected chi connectivity index (χ0v) is 14.6. The molecule has 4 nitrogen and oxygen atoms in total. The van der Waals surface area contributed by atoms with E-state index < -0.39 is 0 Å². The van der Waals surface area contributed by atoms with E-state index in [9.17, 15) is 9.18 Å². The minimum Gasteiger partial charge on any atom is -0.322 e. The summed E-state index contributed by atoms with van der Waals surface area (Å²) in [7, 11) is 1.82. The number of benzene rings is 1. The smallest absolute Gasteiger partial charge is 0.322 e. The average molecular weight is 337 g/mol. The number of anilines is 1. The number of aromatic nitrogens is 1. The van der Waals surface area contributed by atoms with E-state index in [0.29, 0.717) is 12.4 Å². The van der Waals surface area contributed by atoms with E-state index in [1.807, 2.05) is 13.1 Å². The van der Waals surface area contributed by atoms with E-state index in [1.165, 1.54) is 12.1 Å². The van der Waals surface area contributed by atoms with Crippen molar-refractivity contribution in [2.24, 2.45) is 0 Å². The predicted molar refractivity (Wildman–Crippen MR) is 95.8 cm³/mol. The number of nitrogens with zero attached hydrogens (tertiary/aromatic N) is 3. The molecule has 0 spiro atoms. The molecule has 0 N–H and O–H groups in total. The molecule has 3 rings (SSSR count). The third-order valence-corrected chi connectivity index (χ3v) is 4.59. The lowest BCUT2D eigenvalue weighted by Gasteiger charge is -2.44. The molecule has 0 radical (unpaired) electrons. The fourth-order valence-electron chi connectivity index (χ4n) is 2.60. The van der Waals surface area contributed by atoms with Gasteiger partial charge in [0.15, 0.2) is 0 Å². The van der Waals surface area contributed by atoms with Gasteiger partial charge in [0.25, 0.3) is 0 Å². The largest absolute Gasteiger partial charge is 0.325 e. The minimum absolute atomic E-state index is 0.0473. The monoisotopic (exact) mass is 337 g/mol. The number of rotatable bonds is 1. The SMILES string of the molecule is CN1C(=O)N(c2ccc(C#Cc3ccc(F)cc3)cn2)CCC1(C)C. The van der Waals surface area contributed by atoms with Gasteiger partial charge in [-0.25, -0.2) is 14.2 Å². The summed E-state index contributed by atoms with van der Waals surface area (Å²) >= 11 is 0. The first-order valence-electron chi connectivity index (χ1n) is 8.16. The zero-order chi connectivity index (χ0) is 18.0. The zero-order valence-electron chi connectivity index (χ0n) is 14.6. The summed E-state index contributed by atoms with van der Waals surface area (Å²) in [5.74, 6) is 6.31. The number of amides is 2.